The summed E-state index contributed by atoms with van der Waals surface area (Å²) in [5.41, 5.74) is 2.86. The third kappa shape index (κ3) is 3.38. The third-order valence-electron chi connectivity index (χ3n) is 3.17. The molecule has 0 fully saturated rings. The number of aromatic nitrogens is 3. The average molecular weight is 292 g/mol. The number of nitrogens with zero attached hydrogens (tertiary/aromatic N) is 4. The molecule has 2 aromatic heterocycles. The van der Waals surface area contributed by atoms with Crippen LogP contribution in [0.5, 0.6) is 0 Å². The summed E-state index contributed by atoms with van der Waals surface area (Å²) in [7, 11) is 0. The first kappa shape index (κ1) is 14.0. The Bertz CT molecular complexity index is 734. The van der Waals surface area contributed by atoms with Crippen LogP contribution in [0.15, 0.2) is 72.3 Å². The van der Waals surface area contributed by atoms with E-state index in [4.69, 9.17) is 4.84 Å². The van der Waals surface area contributed by atoms with Gasteiger partial charge in [-0.3, -0.25) is 0 Å². The van der Waals surface area contributed by atoms with Crippen molar-refractivity contribution >= 4 is 5.71 Å². The molecular weight excluding hydrogens is 276 g/mol. The molecule has 0 saturated carbocycles. The van der Waals surface area contributed by atoms with Gasteiger partial charge in [-0.2, -0.15) is 5.10 Å². The zero-order valence-corrected chi connectivity index (χ0v) is 12.3. The number of rotatable bonds is 5. The number of oxime groups is 1. The lowest BCUT2D eigenvalue weighted by Gasteiger charge is -2.04. The van der Waals surface area contributed by atoms with Crippen LogP contribution in [-0.2, 0) is 11.4 Å². The van der Waals surface area contributed by atoms with Crippen LogP contribution >= 0.6 is 0 Å². The molecule has 0 saturated heterocycles. The predicted octanol–water partition coefficient (Wildman–Crippen LogP) is 3.21. The van der Waals surface area contributed by atoms with Crippen molar-refractivity contribution in [3.8, 4) is 5.82 Å². The van der Waals surface area contributed by atoms with Gasteiger partial charge >= 0.3 is 0 Å². The Hall–Kier alpha value is -2.95. The highest BCUT2D eigenvalue weighted by molar-refractivity contribution is 5.98. The fraction of sp³-hybridized carbons (Fsp3) is 0.118. The van der Waals surface area contributed by atoms with Gasteiger partial charge in [0.2, 0.25) is 0 Å². The van der Waals surface area contributed by atoms with Gasteiger partial charge in [0.25, 0.3) is 0 Å². The van der Waals surface area contributed by atoms with Crippen molar-refractivity contribution in [2.75, 3.05) is 0 Å². The van der Waals surface area contributed by atoms with Gasteiger partial charge in [0.15, 0.2) is 5.82 Å². The molecule has 5 nitrogen and oxygen atoms in total. The van der Waals surface area contributed by atoms with Crippen molar-refractivity contribution in [1.82, 2.24) is 14.8 Å². The highest BCUT2D eigenvalue weighted by Gasteiger charge is 2.00. The van der Waals surface area contributed by atoms with Crippen molar-refractivity contribution in [2.24, 2.45) is 5.16 Å². The molecule has 22 heavy (non-hydrogen) atoms. The first-order valence-electron chi connectivity index (χ1n) is 7.00. The Morgan fingerprint density at radius 3 is 2.68 bits per heavy atom. The van der Waals surface area contributed by atoms with Crippen molar-refractivity contribution in [3.05, 3.63) is 78.2 Å². The minimum atomic E-state index is 0.385. The molecule has 0 atom stereocenters. The second kappa shape index (κ2) is 6.67. The monoisotopic (exact) mass is 292 g/mol. The fourth-order valence-electron chi connectivity index (χ4n) is 1.98. The Kier molecular flexibility index (Phi) is 4.25. The van der Waals surface area contributed by atoms with E-state index in [2.05, 4.69) is 15.2 Å². The van der Waals surface area contributed by atoms with E-state index in [-0.39, 0.29) is 0 Å². The molecular formula is C17H16N4O. The molecule has 110 valence electrons. The van der Waals surface area contributed by atoms with Crippen molar-refractivity contribution in [3.63, 3.8) is 0 Å². The maximum Gasteiger partial charge on any atom is 0.153 e. The molecule has 0 spiro atoms. The Morgan fingerprint density at radius 2 is 2.00 bits per heavy atom. The van der Waals surface area contributed by atoms with E-state index in [0.717, 1.165) is 22.7 Å². The van der Waals surface area contributed by atoms with Crippen molar-refractivity contribution in [2.45, 2.75) is 13.5 Å². The standard InChI is InChI=1S/C17H16N4O/c1-14(16-6-3-2-4-7-16)20-22-13-15-8-9-17(18-12-15)21-11-5-10-19-21/h2-12H,13H2,1H3/b20-14+. The maximum atomic E-state index is 5.39. The van der Waals surface area contributed by atoms with Crippen LogP contribution in [0.4, 0.5) is 0 Å². The first-order valence-corrected chi connectivity index (χ1v) is 7.00. The fourth-order valence-corrected chi connectivity index (χ4v) is 1.98. The van der Waals surface area contributed by atoms with E-state index in [1.807, 2.05) is 61.7 Å². The van der Waals surface area contributed by atoms with Crippen LogP contribution < -0.4 is 0 Å². The molecule has 0 aliphatic rings. The summed E-state index contributed by atoms with van der Waals surface area (Å²) in [5.74, 6) is 0.776. The summed E-state index contributed by atoms with van der Waals surface area (Å²) in [5, 5.41) is 8.27. The van der Waals surface area contributed by atoms with Gasteiger partial charge in [-0.05, 0) is 24.6 Å². The minimum Gasteiger partial charge on any atom is -0.391 e. The van der Waals surface area contributed by atoms with E-state index in [0.29, 0.717) is 6.61 Å². The SMILES string of the molecule is C/C(=N\OCc1ccc(-n2cccn2)nc1)c1ccccc1. The van der Waals surface area contributed by atoms with Crippen molar-refractivity contribution < 1.29 is 4.84 Å². The lowest BCUT2D eigenvalue weighted by atomic mass is 10.1. The Balaban J connectivity index is 1.60. The molecule has 0 bridgehead atoms. The quantitative estimate of drug-likeness (QED) is 0.536. The van der Waals surface area contributed by atoms with Gasteiger partial charge in [0.1, 0.15) is 6.61 Å². The Morgan fingerprint density at radius 1 is 1.14 bits per heavy atom. The van der Waals surface area contributed by atoms with Gasteiger partial charge in [-0.15, -0.1) is 0 Å². The van der Waals surface area contributed by atoms with Crippen LogP contribution in [0, 0.1) is 0 Å². The highest BCUT2D eigenvalue weighted by atomic mass is 16.6. The zero-order valence-electron chi connectivity index (χ0n) is 12.3. The Labute approximate surface area is 128 Å². The highest BCUT2D eigenvalue weighted by Crippen LogP contribution is 2.07. The minimum absolute atomic E-state index is 0.385. The van der Waals surface area contributed by atoms with E-state index in [9.17, 15) is 0 Å². The second-order valence-electron chi connectivity index (χ2n) is 4.79. The van der Waals surface area contributed by atoms with Gasteiger partial charge in [0, 0.05) is 24.2 Å². The van der Waals surface area contributed by atoms with Crippen LogP contribution in [0.2, 0.25) is 0 Å². The smallest absolute Gasteiger partial charge is 0.153 e. The van der Waals surface area contributed by atoms with E-state index < -0.39 is 0 Å². The second-order valence-corrected chi connectivity index (χ2v) is 4.79. The predicted molar refractivity (Wildman–Crippen MR) is 84.8 cm³/mol. The summed E-state index contributed by atoms with van der Waals surface area (Å²) < 4.78 is 1.71. The molecule has 3 rings (SSSR count). The van der Waals surface area contributed by atoms with E-state index in [1.165, 1.54) is 0 Å². The topological polar surface area (TPSA) is 52.3 Å². The van der Waals surface area contributed by atoms with Gasteiger partial charge < -0.3 is 4.84 Å². The van der Waals surface area contributed by atoms with Crippen LogP contribution in [0.25, 0.3) is 5.82 Å². The summed E-state index contributed by atoms with van der Waals surface area (Å²) in [4.78, 5) is 9.74. The van der Waals surface area contributed by atoms with E-state index >= 15 is 0 Å². The van der Waals surface area contributed by atoms with Crippen molar-refractivity contribution in [1.29, 1.82) is 0 Å². The molecule has 0 N–H and O–H groups in total. The molecule has 1 aromatic carbocycles. The summed E-state index contributed by atoms with van der Waals surface area (Å²) >= 11 is 0. The average Bonchev–Trinajstić information content (AvgIpc) is 3.11. The molecule has 0 aliphatic heterocycles. The molecule has 0 aliphatic carbocycles. The molecule has 5 heteroatoms. The van der Waals surface area contributed by atoms with Gasteiger partial charge in [-0.25, -0.2) is 9.67 Å². The number of hydrogen-bond donors (Lipinski definition) is 0. The summed E-state index contributed by atoms with van der Waals surface area (Å²) in [6.45, 7) is 2.31. The number of hydrogen-bond acceptors (Lipinski definition) is 4. The summed E-state index contributed by atoms with van der Waals surface area (Å²) in [6.07, 6.45) is 5.34. The van der Waals surface area contributed by atoms with Crippen LogP contribution in [0.3, 0.4) is 0 Å². The van der Waals surface area contributed by atoms with Crippen LogP contribution in [0.1, 0.15) is 18.1 Å². The molecule has 0 amide bonds. The van der Waals surface area contributed by atoms with Gasteiger partial charge in [-0.1, -0.05) is 41.6 Å². The lowest BCUT2D eigenvalue weighted by molar-refractivity contribution is 0.130. The maximum absolute atomic E-state index is 5.39. The van der Waals surface area contributed by atoms with Gasteiger partial charge in [0.05, 0.1) is 5.71 Å². The number of benzene rings is 1. The summed E-state index contributed by atoms with van der Waals surface area (Å²) in [6, 6.07) is 15.7. The normalized spacial score (nSPS) is 11.4. The first-order chi connectivity index (χ1) is 10.8. The third-order valence-corrected chi connectivity index (χ3v) is 3.17. The molecule has 0 radical (unpaired) electrons. The number of pyridine rings is 1. The molecule has 2 heterocycles. The largest absolute Gasteiger partial charge is 0.391 e. The van der Waals surface area contributed by atoms with Crippen LogP contribution in [-0.4, -0.2) is 20.5 Å². The molecule has 3 aromatic rings. The van der Waals surface area contributed by atoms with E-state index in [1.54, 1.807) is 17.1 Å². The zero-order chi connectivity index (χ0) is 15.2. The molecule has 0 unspecified atom stereocenters. The lowest BCUT2D eigenvalue weighted by Crippen LogP contribution is -1.99.